The summed E-state index contributed by atoms with van der Waals surface area (Å²) in [7, 11) is 1.87. The standard InChI is InChI=1S/C17H35N5S/c1-3-21-10-12-22(13-11-21)9-5-4-8-19-17(18-2)20-15-16-7-6-14-23-16/h16H,3-15H2,1-2H3,(H2,18,19,20). The number of aliphatic imine (C=N–C) groups is 1. The van der Waals surface area contributed by atoms with Crippen LogP contribution in [0.2, 0.25) is 0 Å². The molecule has 2 N–H and O–H groups in total. The zero-order chi connectivity index (χ0) is 16.3. The molecule has 1 unspecified atom stereocenters. The summed E-state index contributed by atoms with van der Waals surface area (Å²) >= 11 is 2.09. The fourth-order valence-corrected chi connectivity index (χ4v) is 4.43. The maximum Gasteiger partial charge on any atom is 0.191 e. The van der Waals surface area contributed by atoms with E-state index in [0.717, 1.165) is 24.3 Å². The Morgan fingerprint density at radius 1 is 1.13 bits per heavy atom. The van der Waals surface area contributed by atoms with Crippen LogP contribution in [0.25, 0.3) is 0 Å². The molecule has 2 saturated heterocycles. The topological polar surface area (TPSA) is 42.9 Å². The van der Waals surface area contributed by atoms with Gasteiger partial charge in [0.2, 0.25) is 0 Å². The molecule has 0 aromatic carbocycles. The lowest BCUT2D eigenvalue weighted by Gasteiger charge is -2.34. The van der Waals surface area contributed by atoms with Gasteiger partial charge in [0.1, 0.15) is 0 Å². The number of hydrogen-bond acceptors (Lipinski definition) is 4. The van der Waals surface area contributed by atoms with Crippen LogP contribution in [-0.4, -0.2) is 86.2 Å². The number of rotatable bonds is 8. The minimum Gasteiger partial charge on any atom is -0.356 e. The van der Waals surface area contributed by atoms with Crippen LogP contribution in [0, 0.1) is 0 Å². The molecule has 6 heteroatoms. The van der Waals surface area contributed by atoms with Crippen molar-refractivity contribution in [1.29, 1.82) is 0 Å². The van der Waals surface area contributed by atoms with E-state index in [9.17, 15) is 0 Å². The molecular formula is C17H35N5S. The van der Waals surface area contributed by atoms with Crippen LogP contribution < -0.4 is 10.6 Å². The van der Waals surface area contributed by atoms with Gasteiger partial charge >= 0.3 is 0 Å². The summed E-state index contributed by atoms with van der Waals surface area (Å²) in [6.45, 7) is 11.7. The number of nitrogens with one attached hydrogen (secondary N) is 2. The molecular weight excluding hydrogens is 306 g/mol. The fourth-order valence-electron chi connectivity index (χ4n) is 3.23. The highest BCUT2D eigenvalue weighted by molar-refractivity contribution is 8.00. The molecule has 0 aliphatic carbocycles. The number of guanidine groups is 1. The Morgan fingerprint density at radius 3 is 2.57 bits per heavy atom. The van der Waals surface area contributed by atoms with Gasteiger partial charge in [-0.05, 0) is 44.5 Å². The Labute approximate surface area is 146 Å². The molecule has 0 amide bonds. The van der Waals surface area contributed by atoms with Crippen molar-refractivity contribution >= 4 is 17.7 Å². The van der Waals surface area contributed by atoms with Gasteiger partial charge in [-0.3, -0.25) is 4.99 Å². The van der Waals surface area contributed by atoms with Crippen molar-refractivity contribution in [1.82, 2.24) is 20.4 Å². The molecule has 134 valence electrons. The number of piperazine rings is 1. The molecule has 0 bridgehead atoms. The highest BCUT2D eigenvalue weighted by atomic mass is 32.2. The largest absolute Gasteiger partial charge is 0.356 e. The number of likely N-dealkylation sites (N-methyl/N-ethyl adjacent to an activating group) is 1. The molecule has 5 nitrogen and oxygen atoms in total. The molecule has 2 fully saturated rings. The molecule has 0 spiro atoms. The third-order valence-corrected chi connectivity index (χ3v) is 6.25. The highest BCUT2D eigenvalue weighted by Crippen LogP contribution is 2.25. The Hall–Kier alpha value is -0.460. The highest BCUT2D eigenvalue weighted by Gasteiger charge is 2.16. The van der Waals surface area contributed by atoms with Crippen LogP contribution in [0.5, 0.6) is 0 Å². The average molecular weight is 342 g/mol. The first-order valence-electron chi connectivity index (χ1n) is 9.32. The van der Waals surface area contributed by atoms with E-state index in [2.05, 4.69) is 44.1 Å². The van der Waals surface area contributed by atoms with Crippen LogP contribution in [0.4, 0.5) is 0 Å². The van der Waals surface area contributed by atoms with E-state index in [1.54, 1.807) is 0 Å². The zero-order valence-electron chi connectivity index (χ0n) is 15.0. The number of hydrogen-bond donors (Lipinski definition) is 2. The van der Waals surface area contributed by atoms with Gasteiger partial charge in [0, 0.05) is 51.6 Å². The lowest BCUT2D eigenvalue weighted by Crippen LogP contribution is -2.46. The molecule has 0 aromatic heterocycles. The molecule has 1 atom stereocenters. The van der Waals surface area contributed by atoms with E-state index in [0.29, 0.717) is 0 Å². The minimum atomic E-state index is 0.773. The first-order valence-corrected chi connectivity index (χ1v) is 10.4. The molecule has 2 heterocycles. The van der Waals surface area contributed by atoms with Gasteiger partial charge in [0.15, 0.2) is 5.96 Å². The summed E-state index contributed by atoms with van der Waals surface area (Å²) in [6.07, 6.45) is 5.21. The van der Waals surface area contributed by atoms with Gasteiger partial charge in [0.25, 0.3) is 0 Å². The summed E-state index contributed by atoms with van der Waals surface area (Å²) in [6, 6.07) is 0. The fraction of sp³-hybridized carbons (Fsp3) is 0.941. The Bertz CT molecular complexity index is 336. The maximum atomic E-state index is 4.32. The van der Waals surface area contributed by atoms with E-state index < -0.39 is 0 Å². The minimum absolute atomic E-state index is 0.773. The smallest absolute Gasteiger partial charge is 0.191 e. The zero-order valence-corrected chi connectivity index (χ0v) is 15.8. The Morgan fingerprint density at radius 2 is 1.91 bits per heavy atom. The van der Waals surface area contributed by atoms with E-state index in [1.807, 2.05) is 7.05 Å². The molecule has 23 heavy (non-hydrogen) atoms. The van der Waals surface area contributed by atoms with Crippen molar-refractivity contribution in [2.45, 2.75) is 37.9 Å². The molecule has 0 radical (unpaired) electrons. The lowest BCUT2D eigenvalue weighted by molar-refractivity contribution is 0.136. The first-order chi connectivity index (χ1) is 11.3. The SMILES string of the molecule is CCN1CCN(CCCCNC(=NC)NCC2CCCS2)CC1. The lowest BCUT2D eigenvalue weighted by atomic mass is 10.2. The van der Waals surface area contributed by atoms with Crippen molar-refractivity contribution in [2.75, 3.05) is 65.2 Å². The predicted octanol–water partition coefficient (Wildman–Crippen LogP) is 1.46. The second kappa shape index (κ2) is 11.2. The second-order valence-electron chi connectivity index (χ2n) is 6.50. The van der Waals surface area contributed by atoms with Gasteiger partial charge in [-0.1, -0.05) is 6.92 Å². The predicted molar refractivity (Wildman–Crippen MR) is 103 cm³/mol. The van der Waals surface area contributed by atoms with E-state index in [-0.39, 0.29) is 0 Å². The Balaban J connectivity index is 1.47. The third-order valence-electron chi connectivity index (χ3n) is 4.85. The summed E-state index contributed by atoms with van der Waals surface area (Å²) in [5, 5.41) is 7.69. The summed E-state index contributed by atoms with van der Waals surface area (Å²) in [5.74, 6) is 2.29. The van der Waals surface area contributed by atoms with E-state index in [1.165, 1.54) is 70.7 Å². The number of thioether (sulfide) groups is 1. The van der Waals surface area contributed by atoms with Crippen LogP contribution in [0.1, 0.15) is 32.6 Å². The summed E-state index contributed by atoms with van der Waals surface area (Å²) in [4.78, 5) is 9.47. The van der Waals surface area contributed by atoms with Gasteiger partial charge < -0.3 is 20.4 Å². The van der Waals surface area contributed by atoms with E-state index >= 15 is 0 Å². The maximum absolute atomic E-state index is 4.32. The van der Waals surface area contributed by atoms with Gasteiger partial charge in [-0.25, -0.2) is 0 Å². The molecule has 0 aromatic rings. The monoisotopic (exact) mass is 341 g/mol. The van der Waals surface area contributed by atoms with Crippen molar-refractivity contribution in [3.63, 3.8) is 0 Å². The van der Waals surface area contributed by atoms with Crippen LogP contribution in [0.15, 0.2) is 4.99 Å². The molecule has 2 rings (SSSR count). The van der Waals surface area contributed by atoms with Crippen LogP contribution in [0.3, 0.4) is 0 Å². The molecule has 2 aliphatic heterocycles. The van der Waals surface area contributed by atoms with Gasteiger partial charge in [0.05, 0.1) is 0 Å². The van der Waals surface area contributed by atoms with Crippen molar-refractivity contribution in [2.24, 2.45) is 4.99 Å². The molecule has 0 saturated carbocycles. The number of nitrogens with zero attached hydrogens (tertiary/aromatic N) is 3. The second-order valence-corrected chi connectivity index (χ2v) is 7.91. The quantitative estimate of drug-likeness (QED) is 0.398. The molecule has 2 aliphatic rings. The summed E-state index contributed by atoms with van der Waals surface area (Å²) in [5.41, 5.74) is 0. The third kappa shape index (κ3) is 7.31. The normalized spacial score (nSPS) is 24.1. The van der Waals surface area contributed by atoms with Crippen LogP contribution >= 0.6 is 11.8 Å². The number of unbranched alkanes of at least 4 members (excludes halogenated alkanes) is 1. The van der Waals surface area contributed by atoms with Crippen molar-refractivity contribution in [3.8, 4) is 0 Å². The summed E-state index contributed by atoms with van der Waals surface area (Å²) < 4.78 is 0. The Kier molecular flexibility index (Phi) is 9.15. The van der Waals surface area contributed by atoms with Gasteiger partial charge in [-0.2, -0.15) is 11.8 Å². The van der Waals surface area contributed by atoms with Crippen LogP contribution in [-0.2, 0) is 0 Å². The van der Waals surface area contributed by atoms with E-state index in [4.69, 9.17) is 0 Å². The van der Waals surface area contributed by atoms with Gasteiger partial charge in [-0.15, -0.1) is 0 Å². The average Bonchev–Trinajstić information content (AvgIpc) is 3.11. The van der Waals surface area contributed by atoms with Crippen molar-refractivity contribution < 1.29 is 0 Å². The van der Waals surface area contributed by atoms with Crippen molar-refractivity contribution in [3.05, 3.63) is 0 Å². The first kappa shape index (κ1) is 18.9.